The molecule has 0 spiro atoms. The number of aliphatic hydroxyl groups excluding tert-OH is 1. The third kappa shape index (κ3) is 5.03. The van der Waals surface area contributed by atoms with Gasteiger partial charge in [0.2, 0.25) is 5.91 Å². The highest BCUT2D eigenvalue weighted by Crippen LogP contribution is 2.14. The minimum Gasteiger partial charge on any atom is -0.392 e. The summed E-state index contributed by atoms with van der Waals surface area (Å²) in [7, 11) is 0. The number of nitrogens with one attached hydrogen (secondary N) is 1. The van der Waals surface area contributed by atoms with E-state index in [1.54, 1.807) is 0 Å². The Hall–Kier alpha value is -1.43. The van der Waals surface area contributed by atoms with Crippen molar-refractivity contribution in [1.82, 2.24) is 15.1 Å². The predicted molar refractivity (Wildman–Crippen MR) is 89.9 cm³/mol. The van der Waals surface area contributed by atoms with E-state index in [0.29, 0.717) is 13.1 Å². The molecule has 2 aliphatic heterocycles. The molecule has 1 amide bonds. The first-order valence-electron chi connectivity index (χ1n) is 8.65. The minimum atomic E-state index is -0.274. The Morgan fingerprint density at radius 1 is 1.13 bits per heavy atom. The summed E-state index contributed by atoms with van der Waals surface area (Å²) in [6.45, 7) is 4.84. The maximum Gasteiger partial charge on any atom is 0.234 e. The van der Waals surface area contributed by atoms with Gasteiger partial charge in [-0.3, -0.25) is 14.6 Å². The zero-order valence-electron chi connectivity index (χ0n) is 13.7. The molecular formula is C18H27N3O2. The molecule has 2 saturated heterocycles. The lowest BCUT2D eigenvalue weighted by atomic mass is 10.1. The average molecular weight is 317 g/mol. The quantitative estimate of drug-likeness (QED) is 0.845. The highest BCUT2D eigenvalue weighted by atomic mass is 16.3. The summed E-state index contributed by atoms with van der Waals surface area (Å²) in [5.41, 5.74) is 1.32. The molecule has 0 radical (unpaired) electrons. The van der Waals surface area contributed by atoms with Gasteiger partial charge in [-0.05, 0) is 31.4 Å². The molecule has 0 bridgehead atoms. The molecule has 126 valence electrons. The van der Waals surface area contributed by atoms with Gasteiger partial charge in [-0.2, -0.15) is 0 Å². The van der Waals surface area contributed by atoms with Crippen LogP contribution in [-0.2, 0) is 11.3 Å². The van der Waals surface area contributed by atoms with Crippen molar-refractivity contribution >= 4 is 5.91 Å². The molecule has 2 aliphatic rings. The lowest BCUT2D eigenvalue weighted by Crippen LogP contribution is -2.47. The smallest absolute Gasteiger partial charge is 0.234 e. The number of nitrogens with zero attached hydrogens (tertiary/aromatic N) is 2. The van der Waals surface area contributed by atoms with Crippen LogP contribution in [0.2, 0.25) is 0 Å². The van der Waals surface area contributed by atoms with Crippen molar-refractivity contribution < 1.29 is 9.90 Å². The fourth-order valence-corrected chi connectivity index (χ4v) is 3.59. The first-order chi connectivity index (χ1) is 11.2. The van der Waals surface area contributed by atoms with E-state index in [4.69, 9.17) is 0 Å². The highest BCUT2D eigenvalue weighted by molar-refractivity contribution is 5.78. The van der Waals surface area contributed by atoms with E-state index in [9.17, 15) is 9.90 Å². The monoisotopic (exact) mass is 317 g/mol. The lowest BCUT2D eigenvalue weighted by Gasteiger charge is -2.29. The summed E-state index contributed by atoms with van der Waals surface area (Å²) in [6.07, 6.45) is 2.57. The van der Waals surface area contributed by atoms with Gasteiger partial charge in [0.1, 0.15) is 0 Å². The number of likely N-dealkylation sites (tertiary alicyclic amines) is 2. The topological polar surface area (TPSA) is 55.8 Å². The Kier molecular flexibility index (Phi) is 5.65. The van der Waals surface area contributed by atoms with E-state index in [2.05, 4.69) is 39.4 Å². The number of β-amino-alcohol motifs (C(OH)–C–C–N with tert-alkyl or cyclic N) is 1. The molecule has 0 aliphatic carbocycles. The van der Waals surface area contributed by atoms with Crippen LogP contribution in [-0.4, -0.2) is 65.7 Å². The van der Waals surface area contributed by atoms with E-state index in [1.165, 1.54) is 5.56 Å². The molecule has 0 aromatic heterocycles. The summed E-state index contributed by atoms with van der Waals surface area (Å²) >= 11 is 0. The van der Waals surface area contributed by atoms with E-state index in [0.717, 1.165) is 45.4 Å². The van der Waals surface area contributed by atoms with Crippen LogP contribution in [0.3, 0.4) is 0 Å². The SMILES string of the molecule is O=C(CN1CCCC(O)C1)NC1CCN(Cc2ccccc2)C1. The van der Waals surface area contributed by atoms with E-state index in [-0.39, 0.29) is 18.1 Å². The number of hydrogen-bond acceptors (Lipinski definition) is 4. The van der Waals surface area contributed by atoms with E-state index < -0.39 is 0 Å². The molecule has 5 heteroatoms. The highest BCUT2D eigenvalue weighted by Gasteiger charge is 2.25. The lowest BCUT2D eigenvalue weighted by molar-refractivity contribution is -0.123. The first kappa shape index (κ1) is 16.4. The minimum absolute atomic E-state index is 0.0886. The van der Waals surface area contributed by atoms with Gasteiger partial charge >= 0.3 is 0 Å². The van der Waals surface area contributed by atoms with Crippen LogP contribution in [0.1, 0.15) is 24.8 Å². The number of aliphatic hydroxyl groups is 1. The molecule has 2 N–H and O–H groups in total. The Balaban J connectivity index is 1.40. The number of benzene rings is 1. The zero-order chi connectivity index (χ0) is 16.1. The maximum absolute atomic E-state index is 12.2. The van der Waals surface area contributed by atoms with Crippen molar-refractivity contribution in [3.05, 3.63) is 35.9 Å². The van der Waals surface area contributed by atoms with Gasteiger partial charge in [0, 0.05) is 32.2 Å². The Morgan fingerprint density at radius 2 is 1.96 bits per heavy atom. The van der Waals surface area contributed by atoms with Crippen molar-refractivity contribution in [3.63, 3.8) is 0 Å². The Morgan fingerprint density at radius 3 is 2.74 bits per heavy atom. The number of carbonyl (C=O) groups is 1. The molecule has 2 fully saturated rings. The molecule has 2 unspecified atom stereocenters. The van der Waals surface area contributed by atoms with Crippen LogP contribution in [0.5, 0.6) is 0 Å². The van der Waals surface area contributed by atoms with Crippen LogP contribution in [0.25, 0.3) is 0 Å². The van der Waals surface area contributed by atoms with Crippen LogP contribution >= 0.6 is 0 Å². The first-order valence-corrected chi connectivity index (χ1v) is 8.65. The Labute approximate surface area is 138 Å². The normalized spacial score (nSPS) is 26.3. The van der Waals surface area contributed by atoms with Crippen LogP contribution in [0.15, 0.2) is 30.3 Å². The van der Waals surface area contributed by atoms with Gasteiger partial charge in [-0.25, -0.2) is 0 Å². The molecular weight excluding hydrogens is 290 g/mol. The van der Waals surface area contributed by atoms with Crippen LogP contribution in [0, 0.1) is 0 Å². The summed E-state index contributed by atoms with van der Waals surface area (Å²) in [5, 5.41) is 12.8. The standard InChI is InChI=1S/C18H27N3O2/c22-17-7-4-9-20(13-17)14-18(23)19-16-8-10-21(12-16)11-15-5-2-1-3-6-15/h1-3,5-6,16-17,22H,4,7-14H2,(H,19,23). The number of piperidine rings is 1. The predicted octanol–water partition coefficient (Wildman–Crippen LogP) is 0.834. The molecule has 0 saturated carbocycles. The molecule has 3 rings (SSSR count). The molecule has 1 aromatic carbocycles. The molecule has 23 heavy (non-hydrogen) atoms. The van der Waals surface area contributed by atoms with Gasteiger partial charge < -0.3 is 10.4 Å². The number of amides is 1. The fourth-order valence-electron chi connectivity index (χ4n) is 3.59. The largest absolute Gasteiger partial charge is 0.392 e. The second-order valence-electron chi connectivity index (χ2n) is 6.80. The second-order valence-corrected chi connectivity index (χ2v) is 6.80. The summed E-state index contributed by atoms with van der Waals surface area (Å²) in [6, 6.07) is 10.7. The maximum atomic E-state index is 12.2. The molecule has 2 heterocycles. The van der Waals surface area contributed by atoms with Gasteiger partial charge in [0.05, 0.1) is 12.6 Å². The molecule has 1 aromatic rings. The third-order valence-corrected chi connectivity index (χ3v) is 4.73. The van der Waals surface area contributed by atoms with Crippen molar-refractivity contribution in [3.8, 4) is 0 Å². The number of carbonyl (C=O) groups excluding carboxylic acids is 1. The second kappa shape index (κ2) is 7.90. The van der Waals surface area contributed by atoms with Crippen molar-refractivity contribution in [1.29, 1.82) is 0 Å². The third-order valence-electron chi connectivity index (χ3n) is 4.73. The number of hydrogen-bond donors (Lipinski definition) is 2. The van der Waals surface area contributed by atoms with Crippen LogP contribution < -0.4 is 5.32 Å². The summed E-state index contributed by atoms with van der Waals surface area (Å²) < 4.78 is 0. The molecule has 2 atom stereocenters. The van der Waals surface area contributed by atoms with Gasteiger partial charge in [0.15, 0.2) is 0 Å². The van der Waals surface area contributed by atoms with Crippen molar-refractivity contribution in [2.75, 3.05) is 32.7 Å². The van der Waals surface area contributed by atoms with Gasteiger partial charge in [-0.1, -0.05) is 30.3 Å². The van der Waals surface area contributed by atoms with E-state index >= 15 is 0 Å². The zero-order valence-corrected chi connectivity index (χ0v) is 13.7. The summed E-state index contributed by atoms with van der Waals surface area (Å²) in [5.74, 6) is 0.0886. The molecule has 5 nitrogen and oxygen atoms in total. The van der Waals surface area contributed by atoms with Crippen LogP contribution in [0.4, 0.5) is 0 Å². The number of rotatable bonds is 5. The fraction of sp³-hybridized carbons (Fsp3) is 0.611. The van der Waals surface area contributed by atoms with Gasteiger partial charge in [0.25, 0.3) is 0 Å². The Bertz CT molecular complexity index is 508. The van der Waals surface area contributed by atoms with Gasteiger partial charge in [-0.15, -0.1) is 0 Å². The van der Waals surface area contributed by atoms with Crippen molar-refractivity contribution in [2.45, 2.75) is 38.0 Å². The van der Waals surface area contributed by atoms with Crippen molar-refractivity contribution in [2.24, 2.45) is 0 Å². The average Bonchev–Trinajstić information content (AvgIpc) is 2.95. The van der Waals surface area contributed by atoms with E-state index in [1.807, 2.05) is 6.07 Å². The summed E-state index contributed by atoms with van der Waals surface area (Å²) in [4.78, 5) is 16.6.